The van der Waals surface area contributed by atoms with Crippen molar-refractivity contribution in [3.63, 3.8) is 0 Å². The number of hydrogen-bond donors (Lipinski definition) is 1. The number of fused-ring (bicyclic) bond motifs is 1. The summed E-state index contributed by atoms with van der Waals surface area (Å²) in [6.45, 7) is 2.02. The van der Waals surface area contributed by atoms with Crippen molar-refractivity contribution in [1.29, 1.82) is 0 Å². The first-order valence-corrected chi connectivity index (χ1v) is 9.22. The van der Waals surface area contributed by atoms with Crippen molar-refractivity contribution in [3.05, 3.63) is 64.9 Å². The molecule has 0 aliphatic rings. The largest absolute Gasteiger partial charge is 0.322 e. The van der Waals surface area contributed by atoms with Gasteiger partial charge in [0.2, 0.25) is 4.96 Å². The maximum absolute atomic E-state index is 12.4. The van der Waals surface area contributed by atoms with Gasteiger partial charge in [0.15, 0.2) is 5.82 Å². The standard InChI is InChI=1S/C18H14ClN5OS/c1-2-15-21-22-18-24(15)23-17(26-18)12-6-4-8-14(10-12)20-16(25)11-5-3-7-13(19)9-11/h3-10H,2H2,1H3,(H,20,25). The number of aromatic nitrogens is 4. The van der Waals surface area contributed by atoms with Crippen LogP contribution in [0.3, 0.4) is 0 Å². The Kier molecular flexibility index (Phi) is 4.40. The number of halogens is 1. The summed E-state index contributed by atoms with van der Waals surface area (Å²) in [5.41, 5.74) is 2.11. The van der Waals surface area contributed by atoms with Crippen LogP contribution in [0.25, 0.3) is 15.5 Å². The average Bonchev–Trinajstić information content (AvgIpc) is 3.22. The summed E-state index contributed by atoms with van der Waals surface area (Å²) < 4.78 is 1.76. The lowest BCUT2D eigenvalue weighted by Crippen LogP contribution is -2.11. The highest BCUT2D eigenvalue weighted by Gasteiger charge is 2.13. The fraction of sp³-hybridized carbons (Fsp3) is 0.111. The van der Waals surface area contributed by atoms with E-state index in [1.807, 2.05) is 31.2 Å². The minimum Gasteiger partial charge on any atom is -0.322 e. The summed E-state index contributed by atoms with van der Waals surface area (Å²) in [5.74, 6) is 0.615. The number of carbonyl (C=O) groups excluding carboxylic acids is 1. The lowest BCUT2D eigenvalue weighted by atomic mass is 10.2. The van der Waals surface area contributed by atoms with Gasteiger partial charge in [-0.15, -0.1) is 10.2 Å². The summed E-state index contributed by atoms with van der Waals surface area (Å²) in [5, 5.41) is 17.1. The molecule has 1 N–H and O–H groups in total. The molecule has 0 fully saturated rings. The summed E-state index contributed by atoms with van der Waals surface area (Å²) in [7, 11) is 0. The molecule has 0 spiro atoms. The molecule has 0 aliphatic heterocycles. The number of aryl methyl sites for hydroxylation is 1. The molecule has 4 aromatic rings. The van der Waals surface area contributed by atoms with Gasteiger partial charge < -0.3 is 5.32 Å². The predicted octanol–water partition coefficient (Wildman–Crippen LogP) is 4.32. The number of anilines is 1. The van der Waals surface area contributed by atoms with E-state index in [4.69, 9.17) is 11.6 Å². The molecule has 0 aliphatic carbocycles. The van der Waals surface area contributed by atoms with Gasteiger partial charge in [-0.25, -0.2) is 0 Å². The SMILES string of the molecule is CCc1nnc2sc(-c3cccc(NC(=O)c4cccc(Cl)c4)c3)nn12. The van der Waals surface area contributed by atoms with Crippen LogP contribution in [0.5, 0.6) is 0 Å². The molecular weight excluding hydrogens is 370 g/mol. The Morgan fingerprint density at radius 3 is 2.85 bits per heavy atom. The molecule has 0 unspecified atom stereocenters. The van der Waals surface area contributed by atoms with Gasteiger partial charge in [-0.3, -0.25) is 4.79 Å². The van der Waals surface area contributed by atoms with Crippen LogP contribution in [0.1, 0.15) is 23.1 Å². The van der Waals surface area contributed by atoms with Crippen molar-refractivity contribution in [2.75, 3.05) is 5.32 Å². The van der Waals surface area contributed by atoms with Gasteiger partial charge >= 0.3 is 0 Å². The molecule has 0 saturated heterocycles. The second kappa shape index (κ2) is 6.86. The maximum Gasteiger partial charge on any atom is 0.255 e. The maximum atomic E-state index is 12.4. The highest BCUT2D eigenvalue weighted by molar-refractivity contribution is 7.19. The quantitative estimate of drug-likeness (QED) is 0.569. The zero-order valence-electron chi connectivity index (χ0n) is 13.8. The van der Waals surface area contributed by atoms with Crippen molar-refractivity contribution in [3.8, 4) is 10.6 Å². The molecule has 4 rings (SSSR count). The second-order valence-electron chi connectivity index (χ2n) is 5.62. The number of amides is 1. The van der Waals surface area contributed by atoms with Gasteiger partial charge in [0.1, 0.15) is 5.01 Å². The first-order chi connectivity index (χ1) is 12.6. The van der Waals surface area contributed by atoms with Crippen molar-refractivity contribution in [1.82, 2.24) is 19.8 Å². The number of rotatable bonds is 4. The Hall–Kier alpha value is -2.77. The number of hydrogen-bond acceptors (Lipinski definition) is 5. The van der Waals surface area contributed by atoms with Crippen molar-refractivity contribution in [2.24, 2.45) is 0 Å². The summed E-state index contributed by atoms with van der Waals surface area (Å²) in [6, 6.07) is 14.4. The van der Waals surface area contributed by atoms with E-state index < -0.39 is 0 Å². The molecule has 0 bridgehead atoms. The van der Waals surface area contributed by atoms with E-state index in [0.29, 0.717) is 16.3 Å². The molecule has 8 heteroatoms. The normalized spacial score (nSPS) is 11.0. The molecule has 0 radical (unpaired) electrons. The molecule has 130 valence electrons. The third kappa shape index (κ3) is 3.18. The van der Waals surface area contributed by atoms with E-state index in [1.54, 1.807) is 28.8 Å². The van der Waals surface area contributed by atoms with Gasteiger partial charge in [-0.2, -0.15) is 9.61 Å². The van der Waals surface area contributed by atoms with Crippen LogP contribution in [-0.4, -0.2) is 25.7 Å². The molecule has 2 aromatic heterocycles. The topological polar surface area (TPSA) is 72.2 Å². The van der Waals surface area contributed by atoms with E-state index in [0.717, 1.165) is 27.8 Å². The smallest absolute Gasteiger partial charge is 0.255 e. The Morgan fingerprint density at radius 1 is 1.19 bits per heavy atom. The van der Waals surface area contributed by atoms with E-state index in [9.17, 15) is 4.79 Å². The minimum absolute atomic E-state index is 0.212. The van der Waals surface area contributed by atoms with Crippen LogP contribution in [0, 0.1) is 0 Å². The van der Waals surface area contributed by atoms with Gasteiger partial charge in [0, 0.05) is 28.3 Å². The monoisotopic (exact) mass is 383 g/mol. The molecular formula is C18H14ClN5OS. The van der Waals surface area contributed by atoms with Crippen molar-refractivity contribution >= 4 is 39.5 Å². The first kappa shape index (κ1) is 16.7. The number of nitrogens with one attached hydrogen (secondary N) is 1. The number of benzene rings is 2. The van der Waals surface area contributed by atoms with E-state index in [1.165, 1.54) is 11.3 Å². The van der Waals surface area contributed by atoms with E-state index in [-0.39, 0.29) is 5.91 Å². The number of carbonyl (C=O) groups is 1. The van der Waals surface area contributed by atoms with Crippen molar-refractivity contribution < 1.29 is 4.79 Å². The Bertz CT molecular complexity index is 1100. The number of nitrogens with zero attached hydrogens (tertiary/aromatic N) is 4. The van der Waals surface area contributed by atoms with Gasteiger partial charge in [0.05, 0.1) is 0 Å². The lowest BCUT2D eigenvalue weighted by Gasteiger charge is -2.06. The molecule has 2 aromatic carbocycles. The van der Waals surface area contributed by atoms with Gasteiger partial charge in [-0.05, 0) is 30.3 Å². The average molecular weight is 384 g/mol. The highest BCUT2D eigenvalue weighted by atomic mass is 35.5. The van der Waals surface area contributed by atoms with Gasteiger partial charge in [-0.1, -0.05) is 48.1 Å². The Labute approximate surface area is 158 Å². The minimum atomic E-state index is -0.212. The van der Waals surface area contributed by atoms with Gasteiger partial charge in [0.25, 0.3) is 5.91 Å². The van der Waals surface area contributed by atoms with E-state index in [2.05, 4.69) is 20.6 Å². The zero-order valence-corrected chi connectivity index (χ0v) is 15.4. The zero-order chi connectivity index (χ0) is 18.1. The molecule has 26 heavy (non-hydrogen) atoms. The van der Waals surface area contributed by atoms with Crippen LogP contribution < -0.4 is 5.32 Å². The molecule has 1 amide bonds. The fourth-order valence-electron chi connectivity index (χ4n) is 2.56. The molecule has 0 atom stereocenters. The molecule has 0 saturated carbocycles. The third-order valence-corrected chi connectivity index (χ3v) is 5.01. The van der Waals surface area contributed by atoms with Crippen LogP contribution in [0.4, 0.5) is 5.69 Å². The fourth-order valence-corrected chi connectivity index (χ4v) is 3.60. The Balaban J connectivity index is 1.61. The highest BCUT2D eigenvalue weighted by Crippen LogP contribution is 2.27. The van der Waals surface area contributed by atoms with Crippen LogP contribution >= 0.6 is 22.9 Å². The summed E-state index contributed by atoms with van der Waals surface area (Å²) in [4.78, 5) is 13.1. The van der Waals surface area contributed by atoms with Crippen LogP contribution in [-0.2, 0) is 6.42 Å². The van der Waals surface area contributed by atoms with Crippen molar-refractivity contribution in [2.45, 2.75) is 13.3 Å². The molecule has 6 nitrogen and oxygen atoms in total. The summed E-state index contributed by atoms with van der Waals surface area (Å²) >= 11 is 7.41. The predicted molar refractivity (Wildman–Crippen MR) is 103 cm³/mol. The van der Waals surface area contributed by atoms with Crippen LogP contribution in [0.15, 0.2) is 48.5 Å². The lowest BCUT2D eigenvalue weighted by molar-refractivity contribution is 0.102. The summed E-state index contributed by atoms with van der Waals surface area (Å²) in [6.07, 6.45) is 0.764. The second-order valence-corrected chi connectivity index (χ2v) is 7.01. The van der Waals surface area contributed by atoms with E-state index >= 15 is 0 Å². The third-order valence-electron chi connectivity index (χ3n) is 3.83. The molecule has 2 heterocycles. The van der Waals surface area contributed by atoms with Crippen LogP contribution in [0.2, 0.25) is 5.02 Å². The first-order valence-electron chi connectivity index (χ1n) is 8.02. The Morgan fingerprint density at radius 2 is 2.04 bits per heavy atom.